The Hall–Kier alpha value is -2.70. The van der Waals surface area contributed by atoms with Crippen molar-refractivity contribution < 1.29 is 19.1 Å². The molecule has 0 spiro atoms. The molecule has 1 unspecified atom stereocenters. The van der Waals surface area contributed by atoms with Crippen LogP contribution in [0.15, 0.2) is 22.8 Å². The molecule has 7 heteroatoms. The van der Waals surface area contributed by atoms with Gasteiger partial charge in [-0.2, -0.15) is 10.2 Å². The molecule has 1 aliphatic rings. The number of amides is 1. The number of carboxylic acids is 1. The number of carbonyl (C=O) groups excluding carboxylic acids is 1. The maximum absolute atomic E-state index is 12.9. The molecular weight excluding hydrogens is 298 g/mol. The zero-order chi connectivity index (χ0) is 16.6. The van der Waals surface area contributed by atoms with Crippen molar-refractivity contribution in [1.29, 1.82) is 0 Å². The van der Waals surface area contributed by atoms with Gasteiger partial charge in [-0.1, -0.05) is 6.92 Å². The summed E-state index contributed by atoms with van der Waals surface area (Å²) in [5.41, 5.74) is 2.15. The first-order valence-electron chi connectivity index (χ1n) is 7.46. The molecule has 2 aromatic rings. The number of furan rings is 1. The van der Waals surface area contributed by atoms with Crippen LogP contribution in [0, 0.1) is 6.92 Å². The molecule has 1 aliphatic heterocycles. The van der Waals surface area contributed by atoms with Crippen LogP contribution in [-0.4, -0.2) is 38.6 Å². The van der Waals surface area contributed by atoms with Crippen molar-refractivity contribution in [3.8, 4) is 0 Å². The van der Waals surface area contributed by atoms with Gasteiger partial charge in [0.05, 0.1) is 23.2 Å². The van der Waals surface area contributed by atoms with Gasteiger partial charge in [0.1, 0.15) is 5.76 Å². The van der Waals surface area contributed by atoms with Gasteiger partial charge in [0.25, 0.3) is 5.91 Å². The van der Waals surface area contributed by atoms with Crippen LogP contribution >= 0.6 is 0 Å². The van der Waals surface area contributed by atoms with Crippen molar-refractivity contribution in [3.05, 3.63) is 46.7 Å². The predicted molar refractivity (Wildman–Crippen MR) is 80.0 cm³/mol. The number of nitrogens with zero attached hydrogens (tertiary/aromatic N) is 3. The number of carbonyl (C=O) groups is 2. The van der Waals surface area contributed by atoms with Crippen LogP contribution in [0.1, 0.15) is 46.0 Å². The lowest BCUT2D eigenvalue weighted by molar-refractivity contribution is -0.143. The van der Waals surface area contributed by atoms with Gasteiger partial charge in [0, 0.05) is 18.5 Å². The molecule has 3 rings (SSSR count). The molecule has 0 radical (unpaired) electrons. The summed E-state index contributed by atoms with van der Waals surface area (Å²) in [6.07, 6.45) is 2.51. The monoisotopic (exact) mass is 315 g/mol. The van der Waals surface area contributed by atoms with Crippen LogP contribution in [0.5, 0.6) is 0 Å². The summed E-state index contributed by atoms with van der Waals surface area (Å²) >= 11 is 0. The maximum atomic E-state index is 12.9. The molecule has 1 amide bonds. The molecule has 0 saturated carbocycles. The minimum Gasteiger partial charge on any atom is -0.479 e. The normalized spacial score (nSPS) is 17.0. The number of fused-ring (bicyclic) bond motifs is 1. The van der Waals surface area contributed by atoms with Crippen LogP contribution < -0.4 is 0 Å². The van der Waals surface area contributed by atoms with Crippen LogP contribution in [0.2, 0.25) is 0 Å². The third-order valence-corrected chi connectivity index (χ3v) is 4.02. The van der Waals surface area contributed by atoms with E-state index in [9.17, 15) is 14.7 Å². The Bertz CT molecular complexity index is 768. The van der Waals surface area contributed by atoms with Gasteiger partial charge < -0.3 is 14.4 Å². The van der Waals surface area contributed by atoms with Crippen molar-refractivity contribution in [2.75, 3.05) is 6.54 Å². The average Bonchev–Trinajstić information content (AvgIpc) is 3.01. The Morgan fingerprint density at radius 1 is 1.43 bits per heavy atom. The molecule has 0 aromatic carbocycles. The van der Waals surface area contributed by atoms with E-state index in [1.165, 1.54) is 11.2 Å². The number of hydrogen-bond acceptors (Lipinski definition) is 5. The van der Waals surface area contributed by atoms with E-state index in [2.05, 4.69) is 10.2 Å². The third-order valence-electron chi connectivity index (χ3n) is 4.02. The summed E-state index contributed by atoms with van der Waals surface area (Å²) < 4.78 is 5.31. The van der Waals surface area contributed by atoms with Crippen molar-refractivity contribution in [2.45, 2.75) is 32.7 Å². The second kappa shape index (κ2) is 5.83. The lowest BCUT2D eigenvalue weighted by atomic mass is 9.98. The van der Waals surface area contributed by atoms with E-state index >= 15 is 0 Å². The molecule has 0 aliphatic carbocycles. The molecule has 0 fully saturated rings. The fourth-order valence-electron chi connectivity index (χ4n) is 2.92. The number of hydrogen-bond donors (Lipinski definition) is 1. The topological polar surface area (TPSA) is 96.5 Å². The molecule has 1 atom stereocenters. The minimum absolute atomic E-state index is 0.292. The van der Waals surface area contributed by atoms with E-state index in [0.29, 0.717) is 47.7 Å². The predicted octanol–water partition coefficient (Wildman–Crippen LogP) is 1.76. The number of rotatable bonds is 3. The number of aryl methyl sites for hydroxylation is 2. The highest BCUT2D eigenvalue weighted by Gasteiger charge is 2.38. The Morgan fingerprint density at radius 3 is 2.91 bits per heavy atom. The van der Waals surface area contributed by atoms with Crippen molar-refractivity contribution >= 4 is 11.9 Å². The molecular formula is C16H17N3O4. The first-order chi connectivity index (χ1) is 11.0. The Balaban J connectivity index is 2.02. The van der Waals surface area contributed by atoms with Crippen LogP contribution in [0.4, 0.5) is 0 Å². The molecule has 7 nitrogen and oxygen atoms in total. The van der Waals surface area contributed by atoms with Gasteiger partial charge in [-0.3, -0.25) is 4.79 Å². The average molecular weight is 315 g/mol. The Morgan fingerprint density at radius 2 is 2.22 bits per heavy atom. The smallest absolute Gasteiger partial charge is 0.331 e. The van der Waals surface area contributed by atoms with Crippen LogP contribution in [0.3, 0.4) is 0 Å². The Kier molecular flexibility index (Phi) is 3.85. The molecule has 0 bridgehead atoms. The summed E-state index contributed by atoms with van der Waals surface area (Å²) in [5, 5.41) is 17.6. The van der Waals surface area contributed by atoms with Gasteiger partial charge in [-0.05, 0) is 25.5 Å². The minimum atomic E-state index is -1.07. The molecule has 120 valence electrons. The number of aromatic nitrogens is 2. The van der Waals surface area contributed by atoms with Crippen LogP contribution in [0.25, 0.3) is 0 Å². The van der Waals surface area contributed by atoms with Crippen molar-refractivity contribution in [1.82, 2.24) is 15.1 Å². The SMILES string of the molecule is CCc1nnc(C)cc1C(=O)N1CCc2occc2C1C(=O)O. The second-order valence-corrected chi connectivity index (χ2v) is 5.49. The Labute approximate surface area is 132 Å². The standard InChI is InChI=1S/C16H17N3O4/c1-3-12-11(8-9(2)17-18-12)15(20)19-6-4-13-10(5-7-23-13)14(19)16(21)22/h5,7-8,14H,3-4,6H2,1-2H3,(H,21,22). The molecule has 2 aromatic heterocycles. The summed E-state index contributed by atoms with van der Waals surface area (Å²) in [6.45, 7) is 3.93. The maximum Gasteiger partial charge on any atom is 0.331 e. The van der Waals surface area contributed by atoms with E-state index in [-0.39, 0.29) is 5.91 Å². The molecule has 3 heterocycles. The highest BCUT2D eigenvalue weighted by Crippen LogP contribution is 2.32. The third kappa shape index (κ3) is 2.58. The zero-order valence-corrected chi connectivity index (χ0v) is 12.9. The second-order valence-electron chi connectivity index (χ2n) is 5.49. The quantitative estimate of drug-likeness (QED) is 0.927. The van der Waals surface area contributed by atoms with E-state index in [1.807, 2.05) is 6.92 Å². The van der Waals surface area contributed by atoms with Gasteiger partial charge in [0.2, 0.25) is 0 Å². The van der Waals surface area contributed by atoms with E-state index < -0.39 is 12.0 Å². The summed E-state index contributed by atoms with van der Waals surface area (Å²) in [5.74, 6) is -0.780. The molecule has 0 saturated heterocycles. The zero-order valence-electron chi connectivity index (χ0n) is 12.9. The van der Waals surface area contributed by atoms with Crippen molar-refractivity contribution in [3.63, 3.8) is 0 Å². The van der Waals surface area contributed by atoms with Gasteiger partial charge in [0.15, 0.2) is 6.04 Å². The van der Waals surface area contributed by atoms with Gasteiger partial charge in [-0.15, -0.1) is 0 Å². The lowest BCUT2D eigenvalue weighted by Gasteiger charge is -2.32. The van der Waals surface area contributed by atoms with Gasteiger partial charge in [-0.25, -0.2) is 4.79 Å². The number of aliphatic carboxylic acids is 1. The summed E-state index contributed by atoms with van der Waals surface area (Å²) in [6, 6.07) is 2.24. The largest absolute Gasteiger partial charge is 0.479 e. The van der Waals surface area contributed by atoms with E-state index in [0.717, 1.165) is 0 Å². The van der Waals surface area contributed by atoms with E-state index in [4.69, 9.17) is 4.42 Å². The summed E-state index contributed by atoms with van der Waals surface area (Å²) in [4.78, 5) is 26.0. The fourth-order valence-corrected chi connectivity index (χ4v) is 2.92. The first-order valence-corrected chi connectivity index (χ1v) is 7.46. The van der Waals surface area contributed by atoms with Gasteiger partial charge >= 0.3 is 5.97 Å². The molecule has 23 heavy (non-hydrogen) atoms. The van der Waals surface area contributed by atoms with E-state index in [1.54, 1.807) is 19.1 Å². The summed E-state index contributed by atoms with van der Waals surface area (Å²) in [7, 11) is 0. The number of carboxylic acid groups (broad SMARTS) is 1. The highest BCUT2D eigenvalue weighted by molar-refractivity contribution is 5.98. The van der Waals surface area contributed by atoms with Crippen molar-refractivity contribution in [2.24, 2.45) is 0 Å². The fraction of sp³-hybridized carbons (Fsp3) is 0.375. The first kappa shape index (κ1) is 15.2. The van der Waals surface area contributed by atoms with Crippen LogP contribution in [-0.2, 0) is 17.6 Å². The molecule has 1 N–H and O–H groups in total. The lowest BCUT2D eigenvalue weighted by Crippen LogP contribution is -2.43. The highest BCUT2D eigenvalue weighted by atomic mass is 16.4.